The van der Waals surface area contributed by atoms with Gasteiger partial charge in [-0.1, -0.05) is 6.07 Å². The van der Waals surface area contributed by atoms with Crippen molar-refractivity contribution in [1.29, 1.82) is 0 Å². The lowest BCUT2D eigenvalue weighted by molar-refractivity contribution is 0.304. The van der Waals surface area contributed by atoms with E-state index >= 15 is 0 Å². The first-order chi connectivity index (χ1) is 7.78. The van der Waals surface area contributed by atoms with E-state index in [1.807, 2.05) is 5.38 Å². The summed E-state index contributed by atoms with van der Waals surface area (Å²) in [7, 11) is 0. The molecule has 2 nitrogen and oxygen atoms in total. The van der Waals surface area contributed by atoms with Gasteiger partial charge in [0, 0.05) is 17.2 Å². The number of halogens is 1. The summed E-state index contributed by atoms with van der Waals surface area (Å²) in [6.07, 6.45) is 0. The Bertz CT molecular complexity index is 473. The molecule has 0 aliphatic rings. The van der Waals surface area contributed by atoms with Crippen molar-refractivity contribution in [3.63, 3.8) is 0 Å². The molecular formula is C11H10FNOS2. The molecule has 0 saturated carbocycles. The van der Waals surface area contributed by atoms with Gasteiger partial charge in [-0.25, -0.2) is 9.37 Å². The van der Waals surface area contributed by atoms with Crippen LogP contribution in [0.1, 0.15) is 10.7 Å². The van der Waals surface area contributed by atoms with Crippen LogP contribution in [0.15, 0.2) is 29.6 Å². The Hall–Kier alpha value is -1.07. The van der Waals surface area contributed by atoms with Crippen molar-refractivity contribution in [3.8, 4) is 5.75 Å². The number of hydrogen-bond acceptors (Lipinski definition) is 4. The molecule has 0 saturated heterocycles. The van der Waals surface area contributed by atoms with Crippen LogP contribution in [0, 0.1) is 5.82 Å². The maximum absolute atomic E-state index is 12.8. The number of thiazole rings is 1. The molecular weight excluding hydrogens is 245 g/mol. The Morgan fingerprint density at radius 1 is 1.44 bits per heavy atom. The highest BCUT2D eigenvalue weighted by Crippen LogP contribution is 2.16. The first kappa shape index (κ1) is 11.4. The molecule has 0 N–H and O–H groups in total. The van der Waals surface area contributed by atoms with Crippen molar-refractivity contribution >= 4 is 24.0 Å². The van der Waals surface area contributed by atoms with Crippen molar-refractivity contribution in [1.82, 2.24) is 4.98 Å². The van der Waals surface area contributed by atoms with Gasteiger partial charge in [-0.15, -0.1) is 11.3 Å². The molecule has 84 valence electrons. The van der Waals surface area contributed by atoms with Gasteiger partial charge in [0.05, 0.1) is 5.69 Å². The maximum Gasteiger partial charge on any atom is 0.140 e. The Morgan fingerprint density at radius 3 is 3.00 bits per heavy atom. The quantitative estimate of drug-likeness (QED) is 0.847. The van der Waals surface area contributed by atoms with Crippen molar-refractivity contribution in [2.24, 2.45) is 0 Å². The van der Waals surface area contributed by atoms with Crippen LogP contribution >= 0.6 is 24.0 Å². The lowest BCUT2D eigenvalue weighted by Gasteiger charge is -2.03. The van der Waals surface area contributed by atoms with E-state index in [1.54, 1.807) is 12.1 Å². The van der Waals surface area contributed by atoms with Gasteiger partial charge in [0.15, 0.2) is 0 Å². The second-order valence-corrected chi connectivity index (χ2v) is 4.40. The van der Waals surface area contributed by atoms with Crippen LogP contribution in [0.5, 0.6) is 5.75 Å². The Balaban J connectivity index is 1.96. The van der Waals surface area contributed by atoms with Crippen molar-refractivity contribution in [3.05, 3.63) is 46.2 Å². The molecule has 2 rings (SSSR count). The number of hydrogen-bond donors (Lipinski definition) is 1. The second kappa shape index (κ2) is 5.32. The summed E-state index contributed by atoms with van der Waals surface area (Å²) in [4.78, 5) is 4.29. The van der Waals surface area contributed by atoms with Crippen LogP contribution in [-0.2, 0) is 12.4 Å². The average molecular weight is 255 g/mol. The Labute approximate surface area is 103 Å². The molecule has 0 atom stereocenters. The van der Waals surface area contributed by atoms with Crippen LogP contribution in [0.4, 0.5) is 4.39 Å². The summed E-state index contributed by atoms with van der Waals surface area (Å²) in [6, 6.07) is 6.07. The zero-order valence-electron chi connectivity index (χ0n) is 8.39. The minimum atomic E-state index is -0.298. The van der Waals surface area contributed by atoms with E-state index in [-0.39, 0.29) is 5.82 Å². The zero-order chi connectivity index (χ0) is 11.4. The van der Waals surface area contributed by atoms with Crippen LogP contribution in [0.25, 0.3) is 0 Å². The Morgan fingerprint density at radius 2 is 2.31 bits per heavy atom. The lowest BCUT2D eigenvalue weighted by Crippen LogP contribution is -1.95. The van der Waals surface area contributed by atoms with Crippen LogP contribution in [-0.4, -0.2) is 4.98 Å². The van der Waals surface area contributed by atoms with E-state index in [1.165, 1.54) is 23.5 Å². The topological polar surface area (TPSA) is 22.1 Å². The van der Waals surface area contributed by atoms with E-state index in [0.29, 0.717) is 18.1 Å². The smallest absolute Gasteiger partial charge is 0.140 e. The number of thiol groups is 1. The highest BCUT2D eigenvalue weighted by Gasteiger charge is 2.02. The molecule has 5 heteroatoms. The van der Waals surface area contributed by atoms with Crippen LogP contribution < -0.4 is 4.74 Å². The predicted octanol–water partition coefficient (Wildman–Crippen LogP) is 3.29. The fraction of sp³-hybridized carbons (Fsp3) is 0.182. The third kappa shape index (κ3) is 2.96. The molecule has 0 spiro atoms. The predicted molar refractivity (Wildman–Crippen MR) is 65.5 cm³/mol. The lowest BCUT2D eigenvalue weighted by atomic mass is 10.3. The highest BCUT2D eigenvalue weighted by molar-refractivity contribution is 7.79. The van der Waals surface area contributed by atoms with Gasteiger partial charge in [-0.3, -0.25) is 0 Å². The fourth-order valence-electron chi connectivity index (χ4n) is 1.19. The first-order valence-corrected chi connectivity index (χ1v) is 6.21. The highest BCUT2D eigenvalue weighted by atomic mass is 32.1. The van der Waals surface area contributed by atoms with E-state index in [0.717, 1.165) is 10.7 Å². The van der Waals surface area contributed by atoms with Crippen molar-refractivity contribution in [2.45, 2.75) is 12.4 Å². The summed E-state index contributed by atoms with van der Waals surface area (Å²) in [5.74, 6) is 0.839. The molecule has 0 unspecified atom stereocenters. The zero-order valence-corrected chi connectivity index (χ0v) is 10.1. The SMILES string of the molecule is Fc1cccc(OCc2nc(CS)cs2)c1. The molecule has 0 aliphatic carbocycles. The largest absolute Gasteiger partial charge is 0.486 e. The molecule has 0 amide bonds. The molecule has 1 aromatic heterocycles. The number of nitrogens with zero attached hydrogens (tertiary/aromatic N) is 1. The summed E-state index contributed by atoms with van der Waals surface area (Å²) in [6.45, 7) is 0.363. The van der Waals surface area contributed by atoms with Crippen molar-refractivity contribution < 1.29 is 9.13 Å². The fourth-order valence-corrected chi connectivity index (χ4v) is 2.18. The standard InChI is InChI=1S/C11H10FNOS2/c12-8-2-1-3-10(4-8)14-5-11-13-9(6-15)7-16-11/h1-4,7,15H,5-6H2. The molecule has 1 aromatic carbocycles. The minimum absolute atomic E-state index is 0.298. The number of benzene rings is 1. The summed E-state index contributed by atoms with van der Waals surface area (Å²) in [5, 5.41) is 2.81. The van der Waals surface area contributed by atoms with Crippen molar-refractivity contribution in [2.75, 3.05) is 0 Å². The molecule has 0 radical (unpaired) electrons. The van der Waals surface area contributed by atoms with E-state index in [2.05, 4.69) is 17.6 Å². The average Bonchev–Trinajstić information content (AvgIpc) is 2.74. The molecule has 0 fully saturated rings. The van der Waals surface area contributed by atoms with Gasteiger partial charge in [0.2, 0.25) is 0 Å². The Kier molecular flexibility index (Phi) is 3.79. The van der Waals surface area contributed by atoms with Gasteiger partial charge < -0.3 is 4.74 Å². The number of rotatable bonds is 4. The third-order valence-electron chi connectivity index (χ3n) is 1.92. The maximum atomic E-state index is 12.8. The molecule has 0 aliphatic heterocycles. The first-order valence-electron chi connectivity index (χ1n) is 4.70. The minimum Gasteiger partial charge on any atom is -0.486 e. The number of ether oxygens (including phenoxy) is 1. The van der Waals surface area contributed by atoms with Gasteiger partial charge >= 0.3 is 0 Å². The van der Waals surface area contributed by atoms with Gasteiger partial charge in [-0.05, 0) is 12.1 Å². The molecule has 16 heavy (non-hydrogen) atoms. The molecule has 1 heterocycles. The monoisotopic (exact) mass is 255 g/mol. The second-order valence-electron chi connectivity index (χ2n) is 3.14. The normalized spacial score (nSPS) is 10.4. The summed E-state index contributed by atoms with van der Waals surface area (Å²) >= 11 is 5.65. The van der Waals surface area contributed by atoms with Crippen LogP contribution in [0.3, 0.4) is 0 Å². The third-order valence-corrected chi connectivity index (χ3v) is 3.11. The van der Waals surface area contributed by atoms with E-state index in [9.17, 15) is 4.39 Å². The molecule has 2 aromatic rings. The molecule has 0 bridgehead atoms. The van der Waals surface area contributed by atoms with E-state index < -0.39 is 0 Å². The number of aromatic nitrogens is 1. The van der Waals surface area contributed by atoms with Gasteiger partial charge in [-0.2, -0.15) is 12.6 Å². The van der Waals surface area contributed by atoms with Gasteiger partial charge in [0.25, 0.3) is 0 Å². The van der Waals surface area contributed by atoms with Crippen LogP contribution in [0.2, 0.25) is 0 Å². The van der Waals surface area contributed by atoms with E-state index in [4.69, 9.17) is 4.74 Å². The van der Waals surface area contributed by atoms with Gasteiger partial charge in [0.1, 0.15) is 23.2 Å². The summed E-state index contributed by atoms with van der Waals surface area (Å²) in [5.41, 5.74) is 0.936. The summed E-state index contributed by atoms with van der Waals surface area (Å²) < 4.78 is 18.3.